The topological polar surface area (TPSA) is 71.6 Å². The maximum absolute atomic E-state index is 13.4. The molecule has 0 N–H and O–H groups in total. The van der Waals surface area contributed by atoms with Crippen LogP contribution in [-0.4, -0.2) is 21.6 Å². The second kappa shape index (κ2) is 16.0. The van der Waals surface area contributed by atoms with E-state index in [1.165, 1.54) is 5.56 Å². The van der Waals surface area contributed by atoms with E-state index >= 15 is 0 Å². The average molecular weight is 649 g/mol. The molecular weight excluding hydrogens is 617 g/mol. The molecule has 39 heavy (non-hydrogen) atoms. The summed E-state index contributed by atoms with van der Waals surface area (Å²) in [4.78, 5) is 0.173. The quantitative estimate of drug-likeness (QED) is 0.115. The number of rotatable bonds is 12. The van der Waals surface area contributed by atoms with Crippen molar-refractivity contribution in [1.29, 1.82) is 0 Å². The van der Waals surface area contributed by atoms with Gasteiger partial charge in [-0.3, -0.25) is 0 Å². The van der Waals surface area contributed by atoms with Gasteiger partial charge in [-0.2, -0.15) is 0 Å². The molecule has 205 valence electrons. The molecule has 0 saturated heterocycles. The Labute approximate surface area is 246 Å². The van der Waals surface area contributed by atoms with Crippen molar-refractivity contribution < 1.29 is 30.5 Å². The maximum atomic E-state index is 13.4. The van der Waals surface area contributed by atoms with Crippen LogP contribution in [-0.2, 0) is 38.7 Å². The van der Waals surface area contributed by atoms with Crippen molar-refractivity contribution in [1.82, 2.24) is 0 Å². The standard InChI is InChI=1S/C31H32N2O3S.ClH.Ru/c1-24-13-17-26(18-14-24)23-36-22-21-32-30(27-9-5-3-6-10-27)31(28-11-7-4-8-12-28)33-37(34,35)29-19-15-25(2)16-20-29;;/h3-20,30-31H,21-23H2,1-2H3;1H;/q-2;;+3/p-1/t30-,31-;;/m0../s1. The number of halogens is 1. The Morgan fingerprint density at radius 3 is 1.74 bits per heavy atom. The first kappa shape index (κ1) is 31.2. The second-order valence-electron chi connectivity index (χ2n) is 9.05. The Morgan fingerprint density at radius 1 is 0.718 bits per heavy atom. The van der Waals surface area contributed by atoms with E-state index in [9.17, 15) is 8.42 Å². The van der Waals surface area contributed by atoms with Crippen LogP contribution in [0.15, 0.2) is 114 Å². The summed E-state index contributed by atoms with van der Waals surface area (Å²) in [6.45, 7) is 5.31. The molecule has 4 aromatic rings. The molecule has 5 nitrogen and oxygen atoms in total. The third kappa shape index (κ3) is 9.64. The molecule has 0 radical (unpaired) electrons. The number of nitrogens with zero attached hydrogens (tertiary/aromatic N) is 2. The molecule has 0 bridgehead atoms. The number of hydrogen-bond donors (Lipinski definition) is 0. The molecular formula is C31H32ClN2O3RuS. The van der Waals surface area contributed by atoms with E-state index in [0.29, 0.717) is 19.8 Å². The van der Waals surface area contributed by atoms with Gasteiger partial charge < -0.3 is 14.8 Å². The van der Waals surface area contributed by atoms with E-state index in [2.05, 4.69) is 45.6 Å². The summed E-state index contributed by atoms with van der Waals surface area (Å²) in [5.74, 6) is 0. The summed E-state index contributed by atoms with van der Waals surface area (Å²) >= 11 is 1.82. The van der Waals surface area contributed by atoms with Gasteiger partial charge in [0.15, 0.2) is 0 Å². The Morgan fingerprint density at radius 2 is 1.21 bits per heavy atom. The van der Waals surface area contributed by atoms with Gasteiger partial charge in [0.1, 0.15) is 10.0 Å². The minimum absolute atomic E-state index is 0.173. The summed E-state index contributed by atoms with van der Waals surface area (Å²) in [6, 6.07) is 33.0. The number of benzene rings is 4. The van der Waals surface area contributed by atoms with Crippen LogP contribution >= 0.6 is 9.69 Å². The van der Waals surface area contributed by atoms with Gasteiger partial charge in [0.05, 0.1) is 6.61 Å². The Hall–Kier alpha value is -2.38. The first-order chi connectivity index (χ1) is 18.9. The van der Waals surface area contributed by atoms with Crippen LogP contribution in [0.4, 0.5) is 0 Å². The fourth-order valence-corrected chi connectivity index (χ4v) is 5.18. The average Bonchev–Trinajstić information content (AvgIpc) is 2.97. The van der Waals surface area contributed by atoms with Crippen molar-refractivity contribution in [3.05, 3.63) is 147 Å². The Bertz CT molecular complexity index is 1350. The van der Waals surface area contributed by atoms with Gasteiger partial charge in [-0.1, -0.05) is 119 Å². The molecule has 0 amide bonds. The predicted octanol–water partition coefficient (Wildman–Crippen LogP) is 8.13. The summed E-state index contributed by atoms with van der Waals surface area (Å²) < 4.78 is 37.1. The summed E-state index contributed by atoms with van der Waals surface area (Å²) in [6.07, 6.45) is 0. The van der Waals surface area contributed by atoms with Crippen molar-refractivity contribution in [2.24, 2.45) is 0 Å². The molecule has 2 atom stereocenters. The van der Waals surface area contributed by atoms with Crippen molar-refractivity contribution in [3.63, 3.8) is 0 Å². The van der Waals surface area contributed by atoms with Crippen molar-refractivity contribution >= 4 is 19.7 Å². The Kier molecular flexibility index (Phi) is 12.8. The third-order valence-corrected chi connectivity index (χ3v) is 7.48. The molecule has 0 aliphatic rings. The van der Waals surface area contributed by atoms with Gasteiger partial charge in [-0.25, -0.2) is 8.42 Å². The molecule has 0 heterocycles. The zero-order chi connectivity index (χ0) is 28.1. The third-order valence-electron chi connectivity index (χ3n) is 6.10. The van der Waals surface area contributed by atoms with Crippen LogP contribution in [0.1, 0.15) is 39.9 Å². The second-order valence-corrected chi connectivity index (χ2v) is 10.7. The Balaban J connectivity index is 0.00000205. The fourth-order valence-electron chi connectivity index (χ4n) is 4.04. The molecule has 0 unspecified atom stereocenters. The van der Waals surface area contributed by atoms with Gasteiger partial charge in [-0.05, 0) is 31.5 Å². The monoisotopic (exact) mass is 649 g/mol. The molecule has 4 rings (SSSR count). The molecule has 0 saturated carbocycles. The van der Waals surface area contributed by atoms with Crippen molar-refractivity contribution in [2.75, 3.05) is 13.2 Å². The molecule has 8 heteroatoms. The van der Waals surface area contributed by atoms with E-state index < -0.39 is 22.1 Å². The van der Waals surface area contributed by atoms with Gasteiger partial charge in [0.2, 0.25) is 0 Å². The minimum atomic E-state index is -3.92. The van der Waals surface area contributed by atoms with Crippen LogP contribution < -0.4 is 0 Å². The zero-order valence-corrected chi connectivity index (χ0v) is 25.2. The first-order valence-corrected chi connectivity index (χ1v) is 16.2. The van der Waals surface area contributed by atoms with Crippen LogP contribution in [0.3, 0.4) is 0 Å². The molecule has 0 fully saturated rings. The molecule has 0 aliphatic carbocycles. The number of sulfonamides is 1. The molecule has 0 aromatic heterocycles. The van der Waals surface area contributed by atoms with Gasteiger partial charge in [-0.15, -0.1) is 18.6 Å². The van der Waals surface area contributed by atoms with E-state index in [0.717, 1.165) is 22.3 Å². The normalized spacial score (nSPS) is 12.7. The van der Waals surface area contributed by atoms with E-state index in [1.54, 1.807) is 24.3 Å². The van der Waals surface area contributed by atoms with E-state index in [4.69, 9.17) is 10.1 Å². The van der Waals surface area contributed by atoms with Crippen molar-refractivity contribution in [2.45, 2.75) is 37.4 Å². The molecule has 0 aliphatic heterocycles. The van der Waals surface area contributed by atoms with Gasteiger partial charge in [0, 0.05) is 11.5 Å². The summed E-state index contributed by atoms with van der Waals surface area (Å²) in [5.41, 5.74) is 4.99. The van der Waals surface area contributed by atoms with E-state index in [1.807, 2.05) is 84.9 Å². The van der Waals surface area contributed by atoms with E-state index in [-0.39, 0.29) is 4.90 Å². The zero-order valence-electron chi connectivity index (χ0n) is 21.9. The number of aryl methyl sites for hydroxylation is 2. The number of ether oxygens (including phenoxy) is 1. The van der Waals surface area contributed by atoms with Gasteiger partial charge in [0.25, 0.3) is 0 Å². The SMILES string of the molecule is Cc1ccc(COCC[N-][C@@H](c2ccccc2)[C@@H]([N-]S(=O)(=O)c2ccc(C)cc2)c2ccccc2)cc1.[Cl][Ru+2]. The fraction of sp³-hybridized carbons (Fsp3) is 0.226. The number of hydrogen-bond acceptors (Lipinski definition) is 3. The molecule has 0 spiro atoms. The predicted molar refractivity (Wildman–Crippen MR) is 155 cm³/mol. The van der Waals surface area contributed by atoms with Crippen LogP contribution in [0, 0.1) is 13.8 Å². The summed E-state index contributed by atoms with van der Waals surface area (Å²) in [7, 11) is 0.650. The molecule has 4 aromatic carbocycles. The van der Waals surface area contributed by atoms with Crippen LogP contribution in [0.25, 0.3) is 10.0 Å². The van der Waals surface area contributed by atoms with Crippen LogP contribution in [0.2, 0.25) is 0 Å². The van der Waals surface area contributed by atoms with Crippen molar-refractivity contribution in [3.8, 4) is 0 Å². The van der Waals surface area contributed by atoms with Gasteiger partial charge >= 0.3 is 27.0 Å². The van der Waals surface area contributed by atoms with Crippen LogP contribution in [0.5, 0.6) is 0 Å². The summed E-state index contributed by atoms with van der Waals surface area (Å²) in [5, 5.41) is 4.92. The first-order valence-electron chi connectivity index (χ1n) is 12.5.